The monoisotopic (exact) mass is 462 g/mol. The summed E-state index contributed by atoms with van der Waals surface area (Å²) in [5.41, 5.74) is 3.21. The number of carbonyl (C=O) groups excluding carboxylic acids is 3. The number of nitrogens with one attached hydrogen (secondary N) is 1. The minimum atomic E-state index is -0.290. The van der Waals surface area contributed by atoms with Crippen LogP contribution in [0, 0.1) is 0 Å². The number of anilines is 1. The van der Waals surface area contributed by atoms with Crippen LogP contribution in [0.1, 0.15) is 49.4 Å². The molecule has 3 rings (SSSR count). The van der Waals surface area contributed by atoms with Gasteiger partial charge in [-0.2, -0.15) is 0 Å². The molecule has 0 atom stereocenters. The van der Waals surface area contributed by atoms with Gasteiger partial charge in [0.25, 0.3) is 0 Å². The van der Waals surface area contributed by atoms with Crippen LogP contribution in [-0.4, -0.2) is 42.7 Å². The summed E-state index contributed by atoms with van der Waals surface area (Å²) in [4.78, 5) is 39.3. The van der Waals surface area contributed by atoms with E-state index < -0.39 is 0 Å². The number of nitrogens with zero attached hydrogens (tertiary/aromatic N) is 1. The van der Waals surface area contributed by atoms with Crippen molar-refractivity contribution in [2.45, 2.75) is 34.1 Å². The Balaban J connectivity index is 1.93. The minimum absolute atomic E-state index is 0.0627. The van der Waals surface area contributed by atoms with Gasteiger partial charge in [0, 0.05) is 31.5 Å². The molecule has 0 radical (unpaired) electrons. The van der Waals surface area contributed by atoms with Crippen LogP contribution in [0.25, 0.3) is 16.5 Å². The average Bonchev–Trinajstić information content (AvgIpc) is 3.18. The lowest BCUT2D eigenvalue weighted by atomic mass is 10.0. The topological polar surface area (TPSA) is 88.9 Å². The molecule has 0 unspecified atom stereocenters. The van der Waals surface area contributed by atoms with E-state index in [0.29, 0.717) is 35.5 Å². The fourth-order valence-corrected chi connectivity index (χ4v) is 3.72. The maximum atomic E-state index is 12.8. The molecule has 2 amide bonds. The van der Waals surface area contributed by atoms with Crippen LogP contribution in [-0.2, 0) is 16.0 Å². The Morgan fingerprint density at radius 3 is 2.29 bits per heavy atom. The lowest BCUT2D eigenvalue weighted by molar-refractivity contribution is -0.125. The summed E-state index contributed by atoms with van der Waals surface area (Å²) in [5.74, 6) is 0.175. The van der Waals surface area contributed by atoms with E-state index in [4.69, 9.17) is 9.15 Å². The Hall–Kier alpha value is -3.87. The van der Waals surface area contributed by atoms with Crippen LogP contribution in [0.4, 0.5) is 5.69 Å². The number of likely N-dealkylation sites (N-methyl/N-ethyl adjacent to an activating group) is 1. The predicted octanol–water partition coefficient (Wildman–Crippen LogP) is 5.10. The quantitative estimate of drug-likeness (QED) is 0.353. The van der Waals surface area contributed by atoms with Gasteiger partial charge in [0.2, 0.25) is 11.8 Å². The molecule has 0 fully saturated rings. The van der Waals surface area contributed by atoms with Crippen LogP contribution in [0.3, 0.4) is 0 Å². The molecule has 7 nitrogen and oxygen atoms in total. The number of amides is 2. The summed E-state index contributed by atoms with van der Waals surface area (Å²) >= 11 is 0. The van der Waals surface area contributed by atoms with E-state index in [1.807, 2.05) is 45.0 Å². The van der Waals surface area contributed by atoms with Crippen LogP contribution >= 0.6 is 0 Å². The molecule has 1 aromatic heterocycles. The number of ether oxygens (including phenoxy) is 1. The first kappa shape index (κ1) is 24.8. The number of benzene rings is 2. The Morgan fingerprint density at radius 2 is 1.71 bits per heavy atom. The number of carbonyl (C=O) groups is 3. The molecule has 7 heteroatoms. The second-order valence-corrected chi connectivity index (χ2v) is 7.98. The SMILES string of the molecule is CCN(CC)C(=O)/C=C(/C)c1ccc2oc(C(C)=O)c(NC(=O)Cc3ccc(OC)cc3)c2c1. The van der Waals surface area contributed by atoms with Crippen molar-refractivity contribution in [3.05, 3.63) is 65.4 Å². The third-order valence-electron chi connectivity index (χ3n) is 5.67. The molecule has 2 aromatic carbocycles. The molecule has 0 spiro atoms. The summed E-state index contributed by atoms with van der Waals surface area (Å²) in [6, 6.07) is 12.6. The summed E-state index contributed by atoms with van der Waals surface area (Å²) in [6.45, 7) is 8.39. The first-order valence-corrected chi connectivity index (χ1v) is 11.2. The Kier molecular flexibility index (Phi) is 7.89. The van der Waals surface area contributed by atoms with Crippen molar-refractivity contribution >= 4 is 39.8 Å². The third-order valence-corrected chi connectivity index (χ3v) is 5.67. The first-order valence-electron chi connectivity index (χ1n) is 11.2. The number of hydrogen-bond donors (Lipinski definition) is 1. The molecule has 34 heavy (non-hydrogen) atoms. The van der Waals surface area contributed by atoms with Gasteiger partial charge in [-0.15, -0.1) is 0 Å². The van der Waals surface area contributed by atoms with E-state index in [0.717, 1.165) is 16.7 Å². The predicted molar refractivity (Wildman–Crippen MR) is 133 cm³/mol. The van der Waals surface area contributed by atoms with Crippen molar-refractivity contribution in [1.29, 1.82) is 0 Å². The molecule has 0 saturated heterocycles. The van der Waals surface area contributed by atoms with Crippen LogP contribution in [0.5, 0.6) is 5.75 Å². The number of fused-ring (bicyclic) bond motifs is 1. The normalized spacial score (nSPS) is 11.4. The molecule has 0 aliphatic heterocycles. The van der Waals surface area contributed by atoms with Crippen molar-refractivity contribution in [2.24, 2.45) is 0 Å². The molecule has 178 valence electrons. The van der Waals surface area contributed by atoms with Gasteiger partial charge in [-0.05, 0) is 61.7 Å². The maximum Gasteiger partial charge on any atom is 0.246 e. The maximum absolute atomic E-state index is 12.8. The fourth-order valence-electron chi connectivity index (χ4n) is 3.72. The van der Waals surface area contributed by atoms with Gasteiger partial charge in [0.05, 0.1) is 19.2 Å². The van der Waals surface area contributed by atoms with Gasteiger partial charge < -0.3 is 19.4 Å². The molecular formula is C27H30N2O5. The summed E-state index contributed by atoms with van der Waals surface area (Å²) < 4.78 is 10.9. The fraction of sp³-hybridized carbons (Fsp3) is 0.296. The second-order valence-electron chi connectivity index (χ2n) is 7.98. The van der Waals surface area contributed by atoms with E-state index in [2.05, 4.69) is 5.32 Å². The molecule has 3 aromatic rings. The van der Waals surface area contributed by atoms with Crippen LogP contribution in [0.2, 0.25) is 0 Å². The van der Waals surface area contributed by atoms with Crippen LogP contribution in [0.15, 0.2) is 53.0 Å². The highest BCUT2D eigenvalue weighted by molar-refractivity contribution is 6.11. The largest absolute Gasteiger partial charge is 0.497 e. The second kappa shape index (κ2) is 10.8. The van der Waals surface area contributed by atoms with Gasteiger partial charge in [0.1, 0.15) is 11.3 Å². The van der Waals surface area contributed by atoms with E-state index in [1.54, 1.807) is 36.3 Å². The number of Topliss-reactive ketones (excluding diaryl/α,β-unsaturated/α-hetero) is 1. The van der Waals surface area contributed by atoms with E-state index in [1.165, 1.54) is 6.92 Å². The molecule has 0 aliphatic carbocycles. The summed E-state index contributed by atoms with van der Waals surface area (Å²) in [6.07, 6.45) is 1.73. The van der Waals surface area contributed by atoms with Crippen molar-refractivity contribution in [3.8, 4) is 5.75 Å². The Morgan fingerprint density at radius 1 is 1.03 bits per heavy atom. The van der Waals surface area contributed by atoms with Crippen LogP contribution < -0.4 is 10.1 Å². The van der Waals surface area contributed by atoms with E-state index in [9.17, 15) is 14.4 Å². The zero-order valence-corrected chi connectivity index (χ0v) is 20.2. The third kappa shape index (κ3) is 5.54. The highest BCUT2D eigenvalue weighted by atomic mass is 16.5. The zero-order chi connectivity index (χ0) is 24.8. The summed E-state index contributed by atoms with van der Waals surface area (Å²) in [7, 11) is 1.58. The standard InChI is InChI=1S/C27H30N2O5/c1-6-29(7-2)25(32)14-17(3)20-10-13-23-22(16-20)26(27(34-23)18(4)30)28-24(31)15-19-8-11-21(33-5)12-9-19/h8-14,16H,6-7,15H2,1-5H3,(H,28,31)/b17-14-. The van der Waals surface area contributed by atoms with Gasteiger partial charge in [-0.3, -0.25) is 14.4 Å². The Labute approximate surface area is 199 Å². The van der Waals surface area contributed by atoms with Crippen molar-refractivity contribution in [2.75, 3.05) is 25.5 Å². The van der Waals surface area contributed by atoms with Crippen molar-refractivity contribution in [3.63, 3.8) is 0 Å². The van der Waals surface area contributed by atoms with E-state index >= 15 is 0 Å². The molecule has 1 N–H and O–H groups in total. The van der Waals surface area contributed by atoms with Crippen molar-refractivity contribution in [1.82, 2.24) is 4.90 Å². The minimum Gasteiger partial charge on any atom is -0.497 e. The highest BCUT2D eigenvalue weighted by Gasteiger charge is 2.21. The summed E-state index contributed by atoms with van der Waals surface area (Å²) in [5, 5.41) is 3.46. The lowest BCUT2D eigenvalue weighted by Gasteiger charge is -2.16. The number of methoxy groups -OCH3 is 1. The number of rotatable bonds is 9. The highest BCUT2D eigenvalue weighted by Crippen LogP contribution is 2.34. The molecule has 0 bridgehead atoms. The van der Waals surface area contributed by atoms with Gasteiger partial charge in [0.15, 0.2) is 11.5 Å². The van der Waals surface area contributed by atoms with Gasteiger partial charge in [-0.1, -0.05) is 18.2 Å². The number of furan rings is 1. The lowest BCUT2D eigenvalue weighted by Crippen LogP contribution is -2.28. The molecule has 1 heterocycles. The average molecular weight is 463 g/mol. The number of ketones is 1. The number of hydrogen-bond acceptors (Lipinski definition) is 5. The zero-order valence-electron chi connectivity index (χ0n) is 20.2. The molecule has 0 aliphatic rings. The smallest absolute Gasteiger partial charge is 0.246 e. The van der Waals surface area contributed by atoms with E-state index in [-0.39, 0.29) is 29.8 Å². The molecular weight excluding hydrogens is 432 g/mol. The van der Waals surface area contributed by atoms with Crippen molar-refractivity contribution < 1.29 is 23.5 Å². The number of allylic oxidation sites excluding steroid dienone is 1. The molecule has 0 saturated carbocycles. The Bertz CT molecular complexity index is 1230. The van der Waals surface area contributed by atoms with Gasteiger partial charge in [-0.25, -0.2) is 0 Å². The van der Waals surface area contributed by atoms with Gasteiger partial charge >= 0.3 is 0 Å². The first-order chi connectivity index (χ1) is 16.3.